The maximum atomic E-state index is 12.4. The Hall–Kier alpha value is -3.08. The number of furan rings is 1. The van der Waals surface area contributed by atoms with Crippen LogP contribution >= 0.6 is 0 Å². The normalized spacial score (nSPS) is 14.8. The Balaban J connectivity index is 1.54. The molecule has 5 nitrogen and oxygen atoms in total. The molecule has 1 aliphatic rings. The minimum Gasteiger partial charge on any atom is -0.459 e. The van der Waals surface area contributed by atoms with Crippen LogP contribution in [0.2, 0.25) is 0 Å². The van der Waals surface area contributed by atoms with Crippen LogP contribution in [-0.2, 0) is 9.59 Å². The van der Waals surface area contributed by atoms with E-state index in [-0.39, 0.29) is 24.3 Å². The van der Waals surface area contributed by atoms with Crippen molar-refractivity contribution >= 4 is 22.8 Å². The van der Waals surface area contributed by atoms with Gasteiger partial charge in [-0.3, -0.25) is 9.59 Å². The highest BCUT2D eigenvalue weighted by molar-refractivity contribution is 5.87. The third kappa shape index (κ3) is 3.61. The molecule has 0 spiro atoms. The summed E-state index contributed by atoms with van der Waals surface area (Å²) in [6.07, 6.45) is 1.83. The lowest BCUT2D eigenvalue weighted by molar-refractivity contribution is -0.127. The van der Waals surface area contributed by atoms with Gasteiger partial charge in [-0.15, -0.1) is 0 Å². The fraction of sp³-hybridized carbons (Fsp3) is 0.238. The van der Waals surface area contributed by atoms with Crippen LogP contribution in [0.5, 0.6) is 0 Å². The summed E-state index contributed by atoms with van der Waals surface area (Å²) in [7, 11) is 0. The van der Waals surface area contributed by atoms with E-state index in [2.05, 4.69) is 10.6 Å². The van der Waals surface area contributed by atoms with Crippen LogP contribution in [0.4, 0.5) is 0 Å². The molecular formula is C21H20N2O3. The van der Waals surface area contributed by atoms with E-state index >= 15 is 0 Å². The summed E-state index contributed by atoms with van der Waals surface area (Å²) in [4.78, 5) is 24.1. The average molecular weight is 348 g/mol. The molecule has 26 heavy (non-hydrogen) atoms. The quantitative estimate of drug-likeness (QED) is 0.719. The zero-order chi connectivity index (χ0) is 17.9. The Kier molecular flexibility index (Phi) is 4.44. The Morgan fingerprint density at radius 3 is 2.50 bits per heavy atom. The lowest BCUT2D eigenvalue weighted by atomic mass is 10.0. The van der Waals surface area contributed by atoms with Gasteiger partial charge in [0, 0.05) is 11.3 Å². The van der Waals surface area contributed by atoms with E-state index in [0.29, 0.717) is 5.76 Å². The molecule has 0 aliphatic heterocycles. The summed E-state index contributed by atoms with van der Waals surface area (Å²) in [6, 6.07) is 18.9. The van der Waals surface area contributed by atoms with Crippen molar-refractivity contribution in [3.63, 3.8) is 0 Å². The first-order chi connectivity index (χ1) is 12.7. The first-order valence-corrected chi connectivity index (χ1v) is 8.81. The highest BCUT2D eigenvalue weighted by atomic mass is 16.3. The van der Waals surface area contributed by atoms with Gasteiger partial charge in [0.05, 0.1) is 6.54 Å². The minimum absolute atomic E-state index is 0.0289. The van der Waals surface area contributed by atoms with Gasteiger partial charge in [0.1, 0.15) is 17.4 Å². The van der Waals surface area contributed by atoms with Crippen LogP contribution in [0.25, 0.3) is 11.0 Å². The highest BCUT2D eigenvalue weighted by Crippen LogP contribution is 2.29. The number of para-hydroxylation sites is 1. The fourth-order valence-corrected chi connectivity index (χ4v) is 2.98. The molecule has 1 aliphatic carbocycles. The van der Waals surface area contributed by atoms with E-state index in [9.17, 15) is 9.59 Å². The molecule has 132 valence electrons. The van der Waals surface area contributed by atoms with Crippen molar-refractivity contribution in [2.24, 2.45) is 5.92 Å². The van der Waals surface area contributed by atoms with Gasteiger partial charge in [-0.1, -0.05) is 48.5 Å². The van der Waals surface area contributed by atoms with Gasteiger partial charge in [-0.25, -0.2) is 0 Å². The van der Waals surface area contributed by atoms with Crippen LogP contribution in [0.3, 0.4) is 0 Å². The Labute approximate surface area is 151 Å². The molecule has 0 radical (unpaired) electrons. The van der Waals surface area contributed by atoms with Crippen molar-refractivity contribution in [2.75, 3.05) is 6.54 Å². The Morgan fingerprint density at radius 2 is 1.77 bits per heavy atom. The van der Waals surface area contributed by atoms with E-state index in [1.165, 1.54) is 0 Å². The SMILES string of the molecule is O=C(CNC(=O)C1CC1)NC(c1ccccc1)c1cc2ccccc2o1. The predicted molar refractivity (Wildman–Crippen MR) is 98.4 cm³/mol. The number of nitrogens with one attached hydrogen (secondary N) is 2. The van der Waals surface area contributed by atoms with Gasteiger partial charge in [-0.2, -0.15) is 0 Å². The van der Waals surface area contributed by atoms with Crippen LogP contribution < -0.4 is 10.6 Å². The predicted octanol–water partition coefficient (Wildman–Crippen LogP) is 3.16. The molecule has 1 heterocycles. The zero-order valence-electron chi connectivity index (χ0n) is 14.3. The fourth-order valence-electron chi connectivity index (χ4n) is 2.98. The van der Waals surface area contributed by atoms with Crippen LogP contribution in [0.15, 0.2) is 65.1 Å². The molecule has 2 N–H and O–H groups in total. The van der Waals surface area contributed by atoms with E-state index < -0.39 is 6.04 Å². The first-order valence-electron chi connectivity index (χ1n) is 8.81. The number of hydrogen-bond acceptors (Lipinski definition) is 3. The number of benzene rings is 2. The molecule has 1 saturated carbocycles. The molecule has 2 aromatic carbocycles. The van der Waals surface area contributed by atoms with E-state index in [1.807, 2.05) is 60.7 Å². The molecule has 1 unspecified atom stereocenters. The summed E-state index contributed by atoms with van der Waals surface area (Å²) in [6.45, 7) is -0.0289. The number of fused-ring (bicyclic) bond motifs is 1. The summed E-state index contributed by atoms with van der Waals surface area (Å²) in [5.41, 5.74) is 1.70. The minimum atomic E-state index is -0.408. The molecule has 1 atom stereocenters. The van der Waals surface area contributed by atoms with Crippen LogP contribution in [0.1, 0.15) is 30.2 Å². The summed E-state index contributed by atoms with van der Waals surface area (Å²) >= 11 is 0. The summed E-state index contributed by atoms with van der Waals surface area (Å²) in [5, 5.41) is 6.66. The molecule has 1 fully saturated rings. The second kappa shape index (κ2) is 7.04. The van der Waals surface area contributed by atoms with Crippen LogP contribution in [0, 0.1) is 5.92 Å². The molecule has 1 aromatic heterocycles. The third-order valence-corrected chi connectivity index (χ3v) is 4.54. The third-order valence-electron chi connectivity index (χ3n) is 4.54. The zero-order valence-corrected chi connectivity index (χ0v) is 14.3. The topological polar surface area (TPSA) is 71.3 Å². The van der Waals surface area contributed by atoms with Crippen molar-refractivity contribution in [1.29, 1.82) is 0 Å². The highest BCUT2D eigenvalue weighted by Gasteiger charge is 2.30. The molecular weight excluding hydrogens is 328 g/mol. The van der Waals surface area contributed by atoms with Gasteiger partial charge in [-0.05, 0) is 30.5 Å². The second-order valence-corrected chi connectivity index (χ2v) is 6.59. The maximum Gasteiger partial charge on any atom is 0.240 e. The van der Waals surface area contributed by atoms with Crippen molar-refractivity contribution < 1.29 is 14.0 Å². The molecule has 0 saturated heterocycles. The number of hydrogen-bond donors (Lipinski definition) is 2. The maximum absolute atomic E-state index is 12.4. The lowest BCUT2D eigenvalue weighted by Gasteiger charge is -2.17. The van der Waals surface area contributed by atoms with Gasteiger partial charge < -0.3 is 15.1 Å². The first kappa shape index (κ1) is 16.4. The van der Waals surface area contributed by atoms with Crippen molar-refractivity contribution in [3.05, 3.63) is 72.0 Å². The van der Waals surface area contributed by atoms with E-state index in [1.54, 1.807) is 0 Å². The monoisotopic (exact) mass is 348 g/mol. The Bertz CT molecular complexity index is 896. The second-order valence-electron chi connectivity index (χ2n) is 6.59. The largest absolute Gasteiger partial charge is 0.459 e. The van der Waals surface area contributed by atoms with Crippen molar-refractivity contribution in [2.45, 2.75) is 18.9 Å². The molecule has 5 heteroatoms. The van der Waals surface area contributed by atoms with E-state index in [0.717, 1.165) is 29.4 Å². The number of carbonyl (C=O) groups is 2. The number of rotatable bonds is 6. The van der Waals surface area contributed by atoms with E-state index in [4.69, 9.17) is 4.42 Å². The van der Waals surface area contributed by atoms with Crippen LogP contribution in [-0.4, -0.2) is 18.4 Å². The van der Waals surface area contributed by atoms with Gasteiger partial charge >= 0.3 is 0 Å². The molecule has 4 rings (SSSR count). The number of carbonyl (C=O) groups excluding carboxylic acids is 2. The van der Waals surface area contributed by atoms with Crippen molar-refractivity contribution in [1.82, 2.24) is 10.6 Å². The van der Waals surface area contributed by atoms with Gasteiger partial charge in [0.25, 0.3) is 0 Å². The Morgan fingerprint density at radius 1 is 1.04 bits per heavy atom. The summed E-state index contributed by atoms with van der Waals surface area (Å²) in [5.74, 6) is 0.468. The van der Waals surface area contributed by atoms with Gasteiger partial charge in [0.15, 0.2) is 0 Å². The number of amides is 2. The molecule has 0 bridgehead atoms. The smallest absolute Gasteiger partial charge is 0.240 e. The molecule has 3 aromatic rings. The molecule has 2 amide bonds. The lowest BCUT2D eigenvalue weighted by Crippen LogP contribution is -2.39. The summed E-state index contributed by atoms with van der Waals surface area (Å²) < 4.78 is 5.96. The van der Waals surface area contributed by atoms with Gasteiger partial charge in [0.2, 0.25) is 11.8 Å². The standard InChI is InChI=1S/C21H20N2O3/c24-19(13-22-21(25)15-10-11-15)23-20(14-6-2-1-3-7-14)18-12-16-8-4-5-9-17(16)26-18/h1-9,12,15,20H,10-11,13H2,(H,22,25)(H,23,24). The average Bonchev–Trinajstić information content (AvgIpc) is 3.43. The van der Waals surface area contributed by atoms with Crippen molar-refractivity contribution in [3.8, 4) is 0 Å².